The molecule has 2 saturated heterocycles. The molecule has 0 aromatic carbocycles. The van der Waals surface area contributed by atoms with Gasteiger partial charge in [0.2, 0.25) is 0 Å². The van der Waals surface area contributed by atoms with Crippen LogP contribution in [0.3, 0.4) is 0 Å². The van der Waals surface area contributed by atoms with Crippen molar-refractivity contribution in [2.45, 2.75) is 81.9 Å². The molecule has 1 aromatic rings. The van der Waals surface area contributed by atoms with Gasteiger partial charge in [-0.3, -0.25) is 14.4 Å². The number of epoxide rings is 1. The van der Waals surface area contributed by atoms with Gasteiger partial charge in [0.15, 0.2) is 0 Å². The molecular formula is C24H30O10. The number of furan rings is 1. The second kappa shape index (κ2) is 7.29. The Morgan fingerprint density at radius 2 is 1.91 bits per heavy atom. The first-order valence-electron chi connectivity index (χ1n) is 11.6. The summed E-state index contributed by atoms with van der Waals surface area (Å²) in [6.45, 7) is 3.85. The van der Waals surface area contributed by atoms with Crippen molar-refractivity contribution in [2.75, 3.05) is 13.2 Å². The SMILES string of the molecule is CC(=O)OC[C@@]12[C@@H](OC(C)=O)C[C@](C)(O)[C@]3(C[C@H](c4ccoc4)OC3=O)[C@@]1(O)CCC[C@]21CO1. The highest BCUT2D eigenvalue weighted by Crippen LogP contribution is 2.73. The summed E-state index contributed by atoms with van der Waals surface area (Å²) in [4.78, 5) is 37.8. The Morgan fingerprint density at radius 1 is 1.18 bits per heavy atom. The topological polar surface area (TPSA) is 145 Å². The van der Waals surface area contributed by atoms with Gasteiger partial charge in [-0.15, -0.1) is 0 Å². The Bertz CT molecular complexity index is 1010. The van der Waals surface area contributed by atoms with Crippen LogP contribution in [0, 0.1) is 10.8 Å². The molecule has 4 aliphatic rings. The largest absolute Gasteiger partial charge is 0.472 e. The minimum atomic E-state index is -1.97. The molecule has 2 spiro atoms. The fraction of sp³-hybridized carbons (Fsp3) is 0.708. The Morgan fingerprint density at radius 3 is 2.50 bits per heavy atom. The lowest BCUT2D eigenvalue weighted by Gasteiger charge is -2.67. The lowest BCUT2D eigenvalue weighted by molar-refractivity contribution is -0.330. The van der Waals surface area contributed by atoms with Gasteiger partial charge < -0.3 is 33.6 Å². The second-order valence-electron chi connectivity index (χ2n) is 10.4. The predicted molar refractivity (Wildman–Crippen MR) is 112 cm³/mol. The van der Waals surface area contributed by atoms with Crippen LogP contribution in [0.5, 0.6) is 0 Å². The zero-order valence-electron chi connectivity index (χ0n) is 19.5. The van der Waals surface area contributed by atoms with E-state index >= 15 is 0 Å². The van der Waals surface area contributed by atoms with Crippen molar-refractivity contribution in [3.8, 4) is 0 Å². The van der Waals surface area contributed by atoms with Crippen molar-refractivity contribution in [3.63, 3.8) is 0 Å². The standard InChI is InChI=1S/C24H30O10/c1-14(25)31-13-23-18(33-15(2)26)10-20(3,28)22(24(23,29)7-4-6-21(23)12-32-21)9-17(34-19(22)27)16-5-8-30-11-16/h5,8,11,17-18,28-29H,4,6-7,9-10,12-13H2,1-3H3/t17-,18+,20+,21+,22-,23+,24+/m1/s1. The summed E-state index contributed by atoms with van der Waals surface area (Å²) in [5, 5.41) is 24.6. The van der Waals surface area contributed by atoms with Gasteiger partial charge in [-0.05, 0) is 32.3 Å². The van der Waals surface area contributed by atoms with Crippen LogP contribution < -0.4 is 0 Å². The summed E-state index contributed by atoms with van der Waals surface area (Å²) in [5.74, 6) is -1.96. The van der Waals surface area contributed by atoms with Gasteiger partial charge in [-0.2, -0.15) is 0 Å². The van der Waals surface area contributed by atoms with Crippen molar-refractivity contribution in [1.82, 2.24) is 0 Å². The van der Waals surface area contributed by atoms with E-state index in [-0.39, 0.29) is 32.5 Å². The lowest BCUT2D eigenvalue weighted by Crippen LogP contribution is -2.82. The number of esters is 3. The summed E-state index contributed by atoms with van der Waals surface area (Å²) < 4.78 is 28.0. The van der Waals surface area contributed by atoms with E-state index in [2.05, 4.69) is 0 Å². The summed E-state index contributed by atoms with van der Waals surface area (Å²) in [6.07, 6.45) is 2.00. The molecule has 34 heavy (non-hydrogen) atoms. The van der Waals surface area contributed by atoms with Gasteiger partial charge in [0.05, 0.1) is 30.3 Å². The molecule has 0 amide bonds. The molecule has 2 N–H and O–H groups in total. The highest BCUT2D eigenvalue weighted by molar-refractivity contribution is 5.84. The maximum atomic E-state index is 13.7. The molecule has 4 fully saturated rings. The molecule has 2 saturated carbocycles. The number of carbonyl (C=O) groups is 3. The van der Waals surface area contributed by atoms with Crippen LogP contribution in [0.2, 0.25) is 0 Å². The van der Waals surface area contributed by atoms with Gasteiger partial charge in [0, 0.05) is 32.3 Å². The molecule has 186 valence electrons. The van der Waals surface area contributed by atoms with E-state index in [1.807, 2.05) is 0 Å². The Balaban J connectivity index is 1.72. The monoisotopic (exact) mass is 478 g/mol. The van der Waals surface area contributed by atoms with Crippen LogP contribution in [0.15, 0.2) is 23.0 Å². The maximum Gasteiger partial charge on any atom is 0.318 e. The third kappa shape index (κ3) is 2.76. The summed E-state index contributed by atoms with van der Waals surface area (Å²) in [5.41, 5.74) is -7.44. The summed E-state index contributed by atoms with van der Waals surface area (Å²) >= 11 is 0. The number of carbonyl (C=O) groups excluding carboxylic acids is 3. The van der Waals surface area contributed by atoms with E-state index in [1.165, 1.54) is 33.3 Å². The molecule has 10 nitrogen and oxygen atoms in total. The predicted octanol–water partition coefficient (Wildman–Crippen LogP) is 1.57. The fourth-order valence-electron chi connectivity index (χ4n) is 7.21. The van der Waals surface area contributed by atoms with Crippen molar-refractivity contribution < 1.29 is 48.0 Å². The van der Waals surface area contributed by atoms with E-state index in [0.717, 1.165) is 0 Å². The third-order valence-corrected chi connectivity index (χ3v) is 8.74. The second-order valence-corrected chi connectivity index (χ2v) is 10.4. The van der Waals surface area contributed by atoms with Gasteiger partial charge in [-0.25, -0.2) is 0 Å². The van der Waals surface area contributed by atoms with Crippen LogP contribution in [0.4, 0.5) is 0 Å². The Labute approximate surface area is 196 Å². The fourth-order valence-corrected chi connectivity index (χ4v) is 7.21. The molecule has 5 rings (SSSR count). The van der Waals surface area contributed by atoms with Gasteiger partial charge >= 0.3 is 17.9 Å². The van der Waals surface area contributed by atoms with E-state index in [4.69, 9.17) is 23.4 Å². The maximum absolute atomic E-state index is 13.7. The number of hydrogen-bond acceptors (Lipinski definition) is 10. The number of rotatable bonds is 4. The van der Waals surface area contributed by atoms with Gasteiger partial charge in [-0.1, -0.05) is 0 Å². The lowest BCUT2D eigenvalue weighted by atomic mass is 9.39. The normalized spacial score (nSPS) is 45.0. The van der Waals surface area contributed by atoms with Crippen LogP contribution in [0.1, 0.15) is 64.5 Å². The first-order chi connectivity index (χ1) is 15.9. The first-order valence-corrected chi connectivity index (χ1v) is 11.6. The zero-order valence-corrected chi connectivity index (χ0v) is 19.5. The van der Waals surface area contributed by atoms with Crippen molar-refractivity contribution in [2.24, 2.45) is 10.8 Å². The highest BCUT2D eigenvalue weighted by Gasteiger charge is 2.87. The number of ether oxygens (including phenoxy) is 4. The van der Waals surface area contributed by atoms with E-state index < -0.39 is 57.7 Å². The molecule has 0 unspecified atom stereocenters. The first kappa shape index (κ1) is 23.3. The number of cyclic esters (lactones) is 1. The third-order valence-electron chi connectivity index (χ3n) is 8.74. The smallest absolute Gasteiger partial charge is 0.318 e. The Hall–Kier alpha value is -2.43. The molecule has 0 radical (unpaired) electrons. The molecule has 1 aromatic heterocycles. The van der Waals surface area contributed by atoms with Crippen LogP contribution in [0.25, 0.3) is 0 Å². The molecule has 10 heteroatoms. The molecule has 3 heterocycles. The van der Waals surface area contributed by atoms with Crippen molar-refractivity contribution in [1.29, 1.82) is 0 Å². The van der Waals surface area contributed by atoms with Crippen LogP contribution in [-0.2, 0) is 33.3 Å². The van der Waals surface area contributed by atoms with Crippen LogP contribution >= 0.6 is 0 Å². The van der Waals surface area contributed by atoms with Gasteiger partial charge in [0.25, 0.3) is 0 Å². The average Bonchev–Trinajstić information content (AvgIpc) is 3.15. The Kier molecular flexibility index (Phi) is 5.00. The molecule has 7 atom stereocenters. The minimum absolute atomic E-state index is 0.0282. The van der Waals surface area contributed by atoms with E-state index in [9.17, 15) is 24.6 Å². The highest BCUT2D eigenvalue weighted by atomic mass is 16.6. The zero-order chi connectivity index (χ0) is 24.6. The van der Waals surface area contributed by atoms with Crippen LogP contribution in [-0.4, -0.2) is 64.2 Å². The number of aliphatic hydroxyl groups is 2. The quantitative estimate of drug-likeness (QED) is 0.371. The van der Waals surface area contributed by atoms with E-state index in [0.29, 0.717) is 18.4 Å². The van der Waals surface area contributed by atoms with Gasteiger partial charge in [0.1, 0.15) is 35.2 Å². The average molecular weight is 478 g/mol. The molecule has 2 aliphatic carbocycles. The number of hydrogen-bond donors (Lipinski definition) is 2. The number of fused-ring (bicyclic) bond motifs is 3. The summed E-state index contributed by atoms with van der Waals surface area (Å²) in [7, 11) is 0. The molecular weight excluding hydrogens is 448 g/mol. The van der Waals surface area contributed by atoms with Crippen molar-refractivity contribution in [3.05, 3.63) is 24.2 Å². The minimum Gasteiger partial charge on any atom is -0.472 e. The van der Waals surface area contributed by atoms with E-state index in [1.54, 1.807) is 6.07 Å². The summed E-state index contributed by atoms with van der Waals surface area (Å²) in [6, 6.07) is 1.67. The molecule has 2 aliphatic heterocycles. The van der Waals surface area contributed by atoms with Crippen molar-refractivity contribution >= 4 is 17.9 Å². The molecule has 0 bridgehead atoms.